The molecule has 1 rings (SSSR count). The molecule has 0 radical (unpaired) electrons. The molecule has 1 atom stereocenters. The van der Waals surface area contributed by atoms with Gasteiger partial charge in [-0.2, -0.15) is 0 Å². The van der Waals surface area contributed by atoms with Gasteiger partial charge in [-0.15, -0.1) is 0 Å². The summed E-state index contributed by atoms with van der Waals surface area (Å²) >= 11 is 0. The van der Waals surface area contributed by atoms with Crippen LogP contribution in [0.4, 0.5) is 0 Å². The molecule has 16 heavy (non-hydrogen) atoms. The number of hydrogen-bond acceptors (Lipinski definition) is 3. The van der Waals surface area contributed by atoms with E-state index in [1.807, 2.05) is 0 Å². The topological polar surface area (TPSA) is 69.6 Å². The molecule has 2 N–H and O–H groups in total. The molecule has 1 saturated heterocycles. The molecule has 0 aliphatic carbocycles. The van der Waals surface area contributed by atoms with Crippen LogP contribution in [0.25, 0.3) is 0 Å². The predicted octanol–water partition coefficient (Wildman–Crippen LogP) is 0.452. The Kier molecular flexibility index (Phi) is 5.25. The average molecular weight is 228 g/mol. The lowest BCUT2D eigenvalue weighted by molar-refractivity contribution is -0.142. The van der Waals surface area contributed by atoms with Gasteiger partial charge in [0.2, 0.25) is 5.91 Å². The maximum absolute atomic E-state index is 11.5. The molecular formula is C11H20N2O3. The lowest BCUT2D eigenvalue weighted by Gasteiger charge is -2.20. The van der Waals surface area contributed by atoms with Gasteiger partial charge < -0.3 is 10.4 Å². The fourth-order valence-corrected chi connectivity index (χ4v) is 1.94. The number of amides is 1. The van der Waals surface area contributed by atoms with Gasteiger partial charge in [0.15, 0.2) is 0 Å². The fourth-order valence-electron chi connectivity index (χ4n) is 1.94. The van der Waals surface area contributed by atoms with Crippen molar-refractivity contribution >= 4 is 11.9 Å². The number of likely N-dealkylation sites (tertiary alicyclic amines) is 1. The van der Waals surface area contributed by atoms with Crippen molar-refractivity contribution in [2.45, 2.75) is 38.6 Å². The molecule has 0 aromatic rings. The van der Waals surface area contributed by atoms with Crippen molar-refractivity contribution < 1.29 is 14.7 Å². The number of nitrogens with zero attached hydrogens (tertiary/aromatic N) is 1. The lowest BCUT2D eigenvalue weighted by Crippen LogP contribution is -2.43. The second-order valence-electron chi connectivity index (χ2n) is 4.17. The summed E-state index contributed by atoms with van der Waals surface area (Å²) in [7, 11) is 0. The number of carboxylic acid groups (broad SMARTS) is 1. The van der Waals surface area contributed by atoms with Crippen molar-refractivity contribution in [1.29, 1.82) is 0 Å². The zero-order valence-electron chi connectivity index (χ0n) is 9.74. The number of aliphatic carboxylic acids is 1. The molecule has 1 heterocycles. The second kappa shape index (κ2) is 6.48. The summed E-state index contributed by atoms with van der Waals surface area (Å²) < 4.78 is 0. The summed E-state index contributed by atoms with van der Waals surface area (Å²) in [6.45, 7) is 3.66. The van der Waals surface area contributed by atoms with E-state index >= 15 is 0 Å². The van der Waals surface area contributed by atoms with E-state index in [1.54, 1.807) is 4.90 Å². The maximum Gasteiger partial charge on any atom is 0.320 e. The quantitative estimate of drug-likeness (QED) is 0.648. The third-order valence-corrected chi connectivity index (χ3v) is 2.85. The van der Waals surface area contributed by atoms with Gasteiger partial charge in [0.05, 0.1) is 6.54 Å². The van der Waals surface area contributed by atoms with Crippen molar-refractivity contribution in [1.82, 2.24) is 10.2 Å². The Morgan fingerprint density at radius 3 is 2.88 bits per heavy atom. The number of carbonyl (C=O) groups is 2. The SMILES string of the molecule is CCCCNC(=O)CN1CCCC1C(=O)O. The molecule has 5 nitrogen and oxygen atoms in total. The normalized spacial score (nSPS) is 20.9. The van der Waals surface area contributed by atoms with E-state index in [1.165, 1.54) is 0 Å². The largest absolute Gasteiger partial charge is 0.480 e. The van der Waals surface area contributed by atoms with Gasteiger partial charge in [-0.1, -0.05) is 13.3 Å². The van der Waals surface area contributed by atoms with E-state index in [0.717, 1.165) is 19.3 Å². The Labute approximate surface area is 95.8 Å². The van der Waals surface area contributed by atoms with Crippen LogP contribution in [0.3, 0.4) is 0 Å². The Balaban J connectivity index is 2.30. The first-order chi connectivity index (χ1) is 7.65. The van der Waals surface area contributed by atoms with Gasteiger partial charge in [0.25, 0.3) is 0 Å². The minimum atomic E-state index is -0.821. The zero-order valence-corrected chi connectivity index (χ0v) is 9.74. The Hall–Kier alpha value is -1.10. The molecule has 0 bridgehead atoms. The van der Waals surface area contributed by atoms with Crippen LogP contribution in [0.1, 0.15) is 32.6 Å². The molecule has 92 valence electrons. The summed E-state index contributed by atoms with van der Waals surface area (Å²) in [5, 5.41) is 11.7. The first-order valence-electron chi connectivity index (χ1n) is 5.88. The highest BCUT2D eigenvalue weighted by Crippen LogP contribution is 2.16. The van der Waals surface area contributed by atoms with Crippen LogP contribution in [-0.2, 0) is 9.59 Å². The first kappa shape index (κ1) is 13.0. The number of hydrogen-bond donors (Lipinski definition) is 2. The summed E-state index contributed by atoms with van der Waals surface area (Å²) in [5.74, 6) is -0.888. The third-order valence-electron chi connectivity index (χ3n) is 2.85. The molecule has 1 unspecified atom stereocenters. The number of nitrogens with one attached hydrogen (secondary N) is 1. The zero-order chi connectivity index (χ0) is 12.0. The van der Waals surface area contributed by atoms with E-state index in [9.17, 15) is 9.59 Å². The van der Waals surface area contributed by atoms with Crippen LogP contribution in [0, 0.1) is 0 Å². The predicted molar refractivity (Wildman–Crippen MR) is 60.1 cm³/mol. The van der Waals surface area contributed by atoms with Crippen LogP contribution in [0.15, 0.2) is 0 Å². The number of carboxylic acids is 1. The average Bonchev–Trinajstić information content (AvgIpc) is 2.66. The van der Waals surface area contributed by atoms with E-state index in [2.05, 4.69) is 12.2 Å². The fraction of sp³-hybridized carbons (Fsp3) is 0.818. The first-order valence-corrected chi connectivity index (χ1v) is 5.88. The van der Waals surface area contributed by atoms with Gasteiger partial charge in [-0.05, 0) is 25.8 Å². The van der Waals surface area contributed by atoms with Gasteiger partial charge in [-0.25, -0.2) is 0 Å². The second-order valence-corrected chi connectivity index (χ2v) is 4.17. The van der Waals surface area contributed by atoms with Crippen LogP contribution in [-0.4, -0.2) is 47.6 Å². The van der Waals surface area contributed by atoms with Crippen LogP contribution in [0.2, 0.25) is 0 Å². The number of unbranched alkanes of at least 4 members (excludes halogenated alkanes) is 1. The third kappa shape index (κ3) is 3.81. The summed E-state index contributed by atoms with van der Waals surface area (Å²) in [6.07, 6.45) is 3.52. The minimum absolute atomic E-state index is 0.0680. The van der Waals surface area contributed by atoms with Gasteiger partial charge >= 0.3 is 5.97 Å². The smallest absolute Gasteiger partial charge is 0.320 e. The number of carbonyl (C=O) groups excluding carboxylic acids is 1. The molecule has 5 heteroatoms. The van der Waals surface area contributed by atoms with Crippen LogP contribution >= 0.6 is 0 Å². The maximum atomic E-state index is 11.5. The molecule has 1 amide bonds. The Morgan fingerprint density at radius 2 is 2.25 bits per heavy atom. The molecule has 0 spiro atoms. The lowest BCUT2D eigenvalue weighted by atomic mass is 10.2. The van der Waals surface area contributed by atoms with Crippen molar-refractivity contribution in [2.24, 2.45) is 0 Å². The van der Waals surface area contributed by atoms with Crippen molar-refractivity contribution in [3.63, 3.8) is 0 Å². The molecular weight excluding hydrogens is 208 g/mol. The standard InChI is InChI=1S/C11H20N2O3/c1-2-3-6-12-10(14)8-13-7-4-5-9(13)11(15)16/h9H,2-8H2,1H3,(H,12,14)(H,15,16). The van der Waals surface area contributed by atoms with E-state index in [4.69, 9.17) is 5.11 Å². The van der Waals surface area contributed by atoms with Crippen molar-refractivity contribution in [3.8, 4) is 0 Å². The number of rotatable bonds is 6. The van der Waals surface area contributed by atoms with Gasteiger partial charge in [0.1, 0.15) is 6.04 Å². The van der Waals surface area contributed by atoms with E-state index in [0.29, 0.717) is 19.5 Å². The van der Waals surface area contributed by atoms with E-state index < -0.39 is 12.0 Å². The highest BCUT2D eigenvalue weighted by atomic mass is 16.4. The Bertz CT molecular complexity index is 256. The Morgan fingerprint density at radius 1 is 1.50 bits per heavy atom. The highest BCUT2D eigenvalue weighted by Gasteiger charge is 2.31. The van der Waals surface area contributed by atoms with Gasteiger partial charge in [-0.3, -0.25) is 14.5 Å². The van der Waals surface area contributed by atoms with E-state index in [-0.39, 0.29) is 12.5 Å². The molecule has 0 saturated carbocycles. The molecule has 0 aromatic heterocycles. The van der Waals surface area contributed by atoms with Crippen molar-refractivity contribution in [3.05, 3.63) is 0 Å². The van der Waals surface area contributed by atoms with Crippen molar-refractivity contribution in [2.75, 3.05) is 19.6 Å². The van der Waals surface area contributed by atoms with Crippen LogP contribution < -0.4 is 5.32 Å². The highest BCUT2D eigenvalue weighted by molar-refractivity contribution is 5.80. The molecule has 1 aliphatic rings. The molecule has 0 aromatic carbocycles. The monoisotopic (exact) mass is 228 g/mol. The molecule has 1 fully saturated rings. The minimum Gasteiger partial charge on any atom is -0.480 e. The van der Waals surface area contributed by atoms with Crippen LogP contribution in [0.5, 0.6) is 0 Å². The summed E-state index contributed by atoms with van der Waals surface area (Å²) in [4.78, 5) is 24.1. The molecule has 1 aliphatic heterocycles. The van der Waals surface area contributed by atoms with Gasteiger partial charge in [0, 0.05) is 6.54 Å². The summed E-state index contributed by atoms with van der Waals surface area (Å²) in [5.41, 5.74) is 0. The summed E-state index contributed by atoms with van der Waals surface area (Å²) in [6, 6.07) is -0.475.